The van der Waals surface area contributed by atoms with Gasteiger partial charge in [0, 0.05) is 37.1 Å². The summed E-state index contributed by atoms with van der Waals surface area (Å²) in [4.78, 5) is 44.5. The maximum Gasteiger partial charge on any atom is 0.253 e. The SMILES string of the molecule is NC(=O)c1c(F)cccc1Nc1nc(Nc2ccc(S(=O)(=O)NCCCC/C=C/C(=O)N3CCC[C@@H](n4nc(-c5ccc(Oc6ccccc6)cc5)c5c(N)ncnc54)C3)cc2)ncc1Br. The smallest absolute Gasteiger partial charge is 0.253 e. The second-order valence-electron chi connectivity index (χ2n) is 15.3. The van der Waals surface area contributed by atoms with Gasteiger partial charge in [-0.2, -0.15) is 10.1 Å². The molecule has 2 amide bonds. The van der Waals surface area contributed by atoms with Crippen LogP contribution in [0.15, 0.2) is 131 Å². The number of aromatic nitrogens is 6. The van der Waals surface area contributed by atoms with Crippen LogP contribution >= 0.6 is 15.9 Å². The second-order valence-corrected chi connectivity index (χ2v) is 17.9. The zero-order chi connectivity index (χ0) is 46.2. The third-order valence-corrected chi connectivity index (χ3v) is 12.8. The highest BCUT2D eigenvalue weighted by Crippen LogP contribution is 2.35. The number of ether oxygens (including phenoxy) is 1. The molecular formula is C46H44BrFN12O5S. The van der Waals surface area contributed by atoms with Gasteiger partial charge < -0.3 is 31.7 Å². The lowest BCUT2D eigenvalue weighted by atomic mass is 10.1. The molecule has 0 aliphatic carbocycles. The molecule has 3 aromatic heterocycles. The fraction of sp³-hybridized carbons (Fsp3) is 0.196. The number of likely N-dealkylation sites (tertiary alicyclic amines) is 1. The van der Waals surface area contributed by atoms with Gasteiger partial charge in [-0.3, -0.25) is 9.59 Å². The number of carbonyl (C=O) groups excluding carboxylic acids is 2. The summed E-state index contributed by atoms with van der Waals surface area (Å²) in [5.74, 6) is 0.286. The number of carbonyl (C=O) groups is 2. The number of anilines is 5. The number of nitrogen functional groups attached to an aromatic ring is 1. The molecule has 7 aromatic rings. The molecule has 17 nitrogen and oxygen atoms in total. The largest absolute Gasteiger partial charge is 0.457 e. The van der Waals surface area contributed by atoms with Crippen molar-refractivity contribution < 1.29 is 27.1 Å². The monoisotopic (exact) mass is 974 g/mol. The quantitative estimate of drug-likeness (QED) is 0.0430. The molecule has 66 heavy (non-hydrogen) atoms. The molecule has 0 spiro atoms. The van der Waals surface area contributed by atoms with Crippen LogP contribution in [-0.2, 0) is 14.8 Å². The van der Waals surface area contributed by atoms with Crippen LogP contribution in [0.5, 0.6) is 11.5 Å². The first-order valence-corrected chi connectivity index (χ1v) is 23.2. The maximum absolute atomic E-state index is 14.3. The standard InChI is InChI=1S/C46H44BrFN12O5S/c47-35-26-51-46(57-44(35)56-37-14-8-13-36(48)39(37)43(50)62)55-30-18-22-34(23-19-30)66(63,64)54-24-7-2-1-6-15-38(61)59-25-9-10-31(27-59)60-45-40(42(49)52-28-53-45)41(58-60)29-16-20-33(21-17-29)65-32-11-4-3-5-12-32/h3-6,8,11-23,26,28,31,54H,1-2,7,9-10,24-25,27H2,(H2,50,62)(H2,49,52,53)(H2,51,55,56,57)/b15-6+/t31-/m1/s1. The van der Waals surface area contributed by atoms with Crippen molar-refractivity contribution in [1.29, 1.82) is 0 Å². The van der Waals surface area contributed by atoms with E-state index in [-0.39, 0.29) is 46.4 Å². The van der Waals surface area contributed by atoms with E-state index in [2.05, 4.69) is 51.2 Å². The highest BCUT2D eigenvalue weighted by atomic mass is 79.9. The number of nitrogens with zero attached hydrogens (tertiary/aromatic N) is 7. The number of unbranched alkanes of at least 4 members (excludes halogenated alkanes) is 2. The number of fused-ring (bicyclic) bond motifs is 1. The molecule has 338 valence electrons. The molecule has 1 atom stereocenters. The van der Waals surface area contributed by atoms with E-state index in [9.17, 15) is 22.4 Å². The van der Waals surface area contributed by atoms with Crippen LogP contribution in [0.3, 0.4) is 0 Å². The van der Waals surface area contributed by atoms with E-state index in [1.165, 1.54) is 36.8 Å². The van der Waals surface area contributed by atoms with Crippen LogP contribution in [0, 0.1) is 5.82 Å². The lowest BCUT2D eigenvalue weighted by Crippen LogP contribution is -2.40. The predicted octanol–water partition coefficient (Wildman–Crippen LogP) is 8.01. The molecule has 0 bridgehead atoms. The summed E-state index contributed by atoms with van der Waals surface area (Å²) in [7, 11) is -3.80. The normalized spacial score (nSPS) is 14.1. The molecule has 0 radical (unpaired) electrons. The lowest BCUT2D eigenvalue weighted by Gasteiger charge is -2.32. The van der Waals surface area contributed by atoms with Crippen LogP contribution in [0.2, 0.25) is 0 Å². The van der Waals surface area contributed by atoms with Crippen LogP contribution in [0.4, 0.5) is 33.3 Å². The molecule has 1 fully saturated rings. The van der Waals surface area contributed by atoms with Crippen molar-refractivity contribution in [2.75, 3.05) is 36.0 Å². The maximum atomic E-state index is 14.3. The molecule has 1 aliphatic heterocycles. The number of benzene rings is 4. The van der Waals surface area contributed by atoms with Crippen molar-refractivity contribution in [3.05, 3.63) is 138 Å². The first-order valence-electron chi connectivity index (χ1n) is 21.0. The van der Waals surface area contributed by atoms with Gasteiger partial charge in [0.25, 0.3) is 5.91 Å². The number of hydrogen-bond acceptors (Lipinski definition) is 13. The number of rotatable bonds is 17. The van der Waals surface area contributed by atoms with Gasteiger partial charge in [0.15, 0.2) is 5.65 Å². The number of hydrogen-bond donors (Lipinski definition) is 5. The summed E-state index contributed by atoms with van der Waals surface area (Å²) in [6.07, 6.45) is 9.67. The summed E-state index contributed by atoms with van der Waals surface area (Å²) in [5, 5.41) is 11.5. The summed E-state index contributed by atoms with van der Waals surface area (Å²) >= 11 is 3.34. The van der Waals surface area contributed by atoms with E-state index in [1.54, 1.807) is 18.2 Å². The molecule has 0 unspecified atom stereocenters. The first-order chi connectivity index (χ1) is 31.9. The minimum Gasteiger partial charge on any atom is -0.457 e. The van der Waals surface area contributed by atoms with E-state index in [0.29, 0.717) is 70.8 Å². The Kier molecular flexibility index (Phi) is 13.9. The Morgan fingerprint density at radius 2 is 1.70 bits per heavy atom. The number of amides is 2. The zero-order valence-corrected chi connectivity index (χ0v) is 37.7. The van der Waals surface area contributed by atoms with Gasteiger partial charge in [0.05, 0.1) is 32.0 Å². The minimum absolute atomic E-state index is 0.0704. The van der Waals surface area contributed by atoms with Crippen LogP contribution in [-0.4, -0.2) is 74.5 Å². The Morgan fingerprint density at radius 3 is 2.47 bits per heavy atom. The zero-order valence-electron chi connectivity index (χ0n) is 35.3. The number of piperidine rings is 1. The number of halogens is 2. The van der Waals surface area contributed by atoms with Gasteiger partial charge in [0.2, 0.25) is 21.9 Å². The minimum atomic E-state index is -3.80. The highest BCUT2D eigenvalue weighted by Gasteiger charge is 2.28. The lowest BCUT2D eigenvalue weighted by molar-refractivity contribution is -0.127. The molecule has 4 aromatic carbocycles. The number of sulfonamides is 1. The van der Waals surface area contributed by atoms with Gasteiger partial charge in [0.1, 0.15) is 41.0 Å². The third-order valence-electron chi connectivity index (χ3n) is 10.7. The van der Waals surface area contributed by atoms with E-state index >= 15 is 0 Å². The fourth-order valence-electron chi connectivity index (χ4n) is 7.45. The van der Waals surface area contributed by atoms with Gasteiger partial charge >= 0.3 is 0 Å². The van der Waals surface area contributed by atoms with Crippen LogP contribution < -0.4 is 31.6 Å². The van der Waals surface area contributed by atoms with Crippen LogP contribution in [0.1, 0.15) is 48.5 Å². The van der Waals surface area contributed by atoms with Gasteiger partial charge in [-0.1, -0.05) is 30.3 Å². The molecule has 1 saturated heterocycles. The van der Waals surface area contributed by atoms with E-state index in [4.69, 9.17) is 21.3 Å². The van der Waals surface area contributed by atoms with Crippen molar-refractivity contribution in [3.8, 4) is 22.8 Å². The second kappa shape index (κ2) is 20.3. The Bertz CT molecular complexity index is 3010. The number of nitrogens with two attached hydrogens (primary N) is 2. The average Bonchev–Trinajstić information content (AvgIpc) is 3.71. The van der Waals surface area contributed by atoms with Crippen molar-refractivity contribution in [3.63, 3.8) is 0 Å². The summed E-state index contributed by atoms with van der Waals surface area (Å²) < 4.78 is 51.3. The Morgan fingerprint density at radius 1 is 0.924 bits per heavy atom. The van der Waals surface area contributed by atoms with E-state index in [1.807, 2.05) is 70.3 Å². The average molecular weight is 976 g/mol. The molecule has 8 rings (SSSR count). The predicted molar refractivity (Wildman–Crippen MR) is 252 cm³/mol. The third kappa shape index (κ3) is 10.6. The van der Waals surface area contributed by atoms with Crippen molar-refractivity contribution >= 4 is 77.8 Å². The molecule has 20 heteroatoms. The molecule has 1 aliphatic rings. The molecule has 4 heterocycles. The van der Waals surface area contributed by atoms with Gasteiger partial charge in [-0.15, -0.1) is 0 Å². The summed E-state index contributed by atoms with van der Waals surface area (Å²) in [5.41, 5.74) is 14.2. The fourth-order valence-corrected chi connectivity index (χ4v) is 8.81. The summed E-state index contributed by atoms with van der Waals surface area (Å²) in [6.45, 7) is 1.27. The number of nitrogens with one attached hydrogen (secondary N) is 3. The number of para-hydroxylation sites is 1. The Hall–Kier alpha value is -7.29. The topological polar surface area (TPSA) is 238 Å². The Balaban J connectivity index is 0.806. The van der Waals surface area contributed by atoms with Crippen molar-refractivity contribution in [2.24, 2.45) is 5.73 Å². The van der Waals surface area contributed by atoms with E-state index in [0.717, 1.165) is 30.2 Å². The highest BCUT2D eigenvalue weighted by molar-refractivity contribution is 9.10. The molecule has 0 saturated carbocycles. The Labute approximate surface area is 387 Å². The summed E-state index contributed by atoms with van der Waals surface area (Å²) in [6, 6.07) is 27.1. The van der Waals surface area contributed by atoms with Crippen LogP contribution in [0.25, 0.3) is 22.3 Å². The van der Waals surface area contributed by atoms with Crippen molar-refractivity contribution in [2.45, 2.75) is 43.0 Å². The van der Waals surface area contributed by atoms with Gasteiger partial charge in [-0.05, 0) is 127 Å². The van der Waals surface area contributed by atoms with E-state index < -0.39 is 21.7 Å². The number of allylic oxidation sites excluding steroid dienone is 1. The molecular weight excluding hydrogens is 932 g/mol. The molecule has 7 N–H and O–H groups in total. The first kappa shape index (κ1) is 45.3. The van der Waals surface area contributed by atoms with Crippen molar-refractivity contribution in [1.82, 2.24) is 39.3 Å². The van der Waals surface area contributed by atoms with Gasteiger partial charge in [-0.25, -0.2) is 37.2 Å². The number of primary amides is 1.